The van der Waals surface area contributed by atoms with Crippen LogP contribution in [0, 0.1) is 0 Å². The standard InChI is InChI=1S/C8H12N6O2/c9-5-2-12-1-4(7(5)10)8(16)6(15)3-13-14-11/h1-2,6,8,15-16H,3,9H2,(H2,10,12). The minimum atomic E-state index is -1.29. The molecule has 0 aliphatic heterocycles. The van der Waals surface area contributed by atoms with E-state index in [1.54, 1.807) is 0 Å². The number of anilines is 2. The Labute approximate surface area is 91.1 Å². The van der Waals surface area contributed by atoms with Crippen molar-refractivity contribution in [2.75, 3.05) is 18.0 Å². The summed E-state index contributed by atoms with van der Waals surface area (Å²) in [5.41, 5.74) is 19.8. The van der Waals surface area contributed by atoms with E-state index in [1.807, 2.05) is 0 Å². The van der Waals surface area contributed by atoms with Gasteiger partial charge in [0, 0.05) is 16.7 Å². The molecule has 0 aliphatic rings. The lowest BCUT2D eigenvalue weighted by molar-refractivity contribution is 0.0247. The second kappa shape index (κ2) is 5.17. The van der Waals surface area contributed by atoms with Crippen LogP contribution in [-0.4, -0.2) is 27.8 Å². The number of pyridine rings is 1. The van der Waals surface area contributed by atoms with E-state index < -0.39 is 12.2 Å². The summed E-state index contributed by atoms with van der Waals surface area (Å²) in [7, 11) is 0. The second-order valence-electron chi connectivity index (χ2n) is 3.16. The van der Waals surface area contributed by atoms with Crippen molar-refractivity contribution in [1.82, 2.24) is 4.98 Å². The van der Waals surface area contributed by atoms with Crippen LogP contribution in [-0.2, 0) is 0 Å². The number of nitrogens with two attached hydrogens (primary N) is 2. The lowest BCUT2D eigenvalue weighted by Gasteiger charge is -2.18. The van der Waals surface area contributed by atoms with Crippen molar-refractivity contribution in [2.45, 2.75) is 12.2 Å². The highest BCUT2D eigenvalue weighted by Gasteiger charge is 2.21. The highest BCUT2D eigenvalue weighted by atomic mass is 16.3. The molecule has 1 aromatic rings. The van der Waals surface area contributed by atoms with Crippen molar-refractivity contribution in [3.63, 3.8) is 0 Å². The van der Waals surface area contributed by atoms with Gasteiger partial charge in [-0.05, 0) is 5.53 Å². The van der Waals surface area contributed by atoms with Crippen LogP contribution < -0.4 is 11.5 Å². The maximum absolute atomic E-state index is 9.71. The summed E-state index contributed by atoms with van der Waals surface area (Å²) in [6.45, 7) is -0.258. The average Bonchev–Trinajstić information content (AvgIpc) is 2.28. The fourth-order valence-electron chi connectivity index (χ4n) is 1.17. The molecule has 86 valence electrons. The number of aliphatic hydroxyl groups excluding tert-OH is 2. The van der Waals surface area contributed by atoms with E-state index in [-0.39, 0.29) is 23.5 Å². The predicted octanol–water partition coefficient (Wildman–Crippen LogP) is -0.0494. The number of azide groups is 1. The van der Waals surface area contributed by atoms with Crippen molar-refractivity contribution in [2.24, 2.45) is 5.11 Å². The van der Waals surface area contributed by atoms with Gasteiger partial charge in [-0.3, -0.25) is 4.98 Å². The monoisotopic (exact) mass is 224 g/mol. The Morgan fingerprint density at radius 3 is 2.75 bits per heavy atom. The first-order chi connectivity index (χ1) is 7.57. The molecule has 1 aromatic heterocycles. The second-order valence-corrected chi connectivity index (χ2v) is 3.16. The van der Waals surface area contributed by atoms with E-state index in [4.69, 9.17) is 17.0 Å². The number of aromatic nitrogens is 1. The fourth-order valence-corrected chi connectivity index (χ4v) is 1.17. The molecular formula is C8H12N6O2. The average molecular weight is 224 g/mol. The van der Waals surface area contributed by atoms with Gasteiger partial charge in [0.1, 0.15) is 6.10 Å². The Hall–Kier alpha value is -2.02. The molecule has 8 heteroatoms. The van der Waals surface area contributed by atoms with Gasteiger partial charge >= 0.3 is 0 Å². The van der Waals surface area contributed by atoms with Crippen molar-refractivity contribution in [3.8, 4) is 0 Å². The van der Waals surface area contributed by atoms with Gasteiger partial charge in [0.05, 0.1) is 30.2 Å². The number of aliphatic hydroxyl groups is 2. The molecule has 6 N–H and O–H groups in total. The first-order valence-corrected chi connectivity index (χ1v) is 4.43. The molecule has 16 heavy (non-hydrogen) atoms. The highest BCUT2D eigenvalue weighted by molar-refractivity contribution is 5.66. The Balaban J connectivity index is 2.91. The first kappa shape index (κ1) is 12.1. The van der Waals surface area contributed by atoms with Crippen LogP contribution in [0.4, 0.5) is 11.4 Å². The van der Waals surface area contributed by atoms with Crippen molar-refractivity contribution < 1.29 is 10.2 Å². The van der Waals surface area contributed by atoms with E-state index in [0.29, 0.717) is 0 Å². The van der Waals surface area contributed by atoms with Crippen LogP contribution in [0.15, 0.2) is 17.5 Å². The zero-order valence-corrected chi connectivity index (χ0v) is 8.35. The molecule has 0 saturated carbocycles. The lowest BCUT2D eigenvalue weighted by Crippen LogP contribution is -2.22. The molecule has 2 atom stereocenters. The van der Waals surface area contributed by atoms with Crippen LogP contribution >= 0.6 is 0 Å². The smallest absolute Gasteiger partial charge is 0.109 e. The largest absolute Gasteiger partial charge is 0.397 e. The summed E-state index contributed by atoms with van der Waals surface area (Å²) in [6, 6.07) is 0. The Kier molecular flexibility index (Phi) is 3.90. The molecule has 1 rings (SSSR count). The third-order valence-corrected chi connectivity index (χ3v) is 2.06. The number of hydrogen-bond donors (Lipinski definition) is 4. The third kappa shape index (κ3) is 2.51. The van der Waals surface area contributed by atoms with E-state index >= 15 is 0 Å². The Morgan fingerprint density at radius 2 is 2.12 bits per heavy atom. The van der Waals surface area contributed by atoms with Gasteiger partial charge in [-0.25, -0.2) is 0 Å². The molecule has 0 aliphatic carbocycles. The minimum absolute atomic E-state index is 0.155. The lowest BCUT2D eigenvalue weighted by atomic mass is 10.0. The van der Waals surface area contributed by atoms with Gasteiger partial charge in [0.2, 0.25) is 0 Å². The molecule has 0 radical (unpaired) electrons. The van der Waals surface area contributed by atoms with E-state index in [9.17, 15) is 10.2 Å². The van der Waals surface area contributed by atoms with Crippen molar-refractivity contribution in [1.29, 1.82) is 0 Å². The highest BCUT2D eigenvalue weighted by Crippen LogP contribution is 2.26. The van der Waals surface area contributed by atoms with E-state index in [0.717, 1.165) is 0 Å². The molecule has 0 amide bonds. The van der Waals surface area contributed by atoms with Gasteiger partial charge in [-0.1, -0.05) is 5.11 Å². The van der Waals surface area contributed by atoms with Crippen LogP contribution in [0.25, 0.3) is 10.4 Å². The van der Waals surface area contributed by atoms with Crippen LogP contribution in [0.1, 0.15) is 11.7 Å². The summed E-state index contributed by atoms with van der Waals surface area (Å²) < 4.78 is 0. The summed E-state index contributed by atoms with van der Waals surface area (Å²) in [4.78, 5) is 6.22. The molecule has 0 spiro atoms. The number of nitrogen functional groups attached to an aromatic ring is 2. The SMILES string of the molecule is [N-]=[N+]=NCC(O)C(O)c1cncc(N)c1N. The number of nitrogens with zero attached hydrogens (tertiary/aromatic N) is 4. The molecule has 0 fully saturated rings. The number of hydrogen-bond acceptors (Lipinski definition) is 6. The van der Waals surface area contributed by atoms with Gasteiger partial charge in [0.25, 0.3) is 0 Å². The number of rotatable bonds is 4. The van der Waals surface area contributed by atoms with Gasteiger partial charge in [-0.2, -0.15) is 0 Å². The Bertz CT molecular complexity index is 417. The normalized spacial score (nSPS) is 13.9. The van der Waals surface area contributed by atoms with Crippen LogP contribution in [0.5, 0.6) is 0 Å². The molecule has 0 aromatic carbocycles. The first-order valence-electron chi connectivity index (χ1n) is 4.43. The van der Waals surface area contributed by atoms with Crippen LogP contribution in [0.3, 0.4) is 0 Å². The summed E-state index contributed by atoms with van der Waals surface area (Å²) in [6.07, 6.45) is 0.101. The maximum atomic E-state index is 9.71. The van der Waals surface area contributed by atoms with Gasteiger partial charge < -0.3 is 21.7 Å². The van der Waals surface area contributed by atoms with Gasteiger partial charge in [0.15, 0.2) is 0 Å². The summed E-state index contributed by atoms with van der Waals surface area (Å²) in [5.74, 6) is 0. The molecular weight excluding hydrogens is 212 g/mol. The maximum Gasteiger partial charge on any atom is 0.109 e. The quantitative estimate of drug-likeness (QED) is 0.320. The molecule has 8 nitrogen and oxygen atoms in total. The third-order valence-electron chi connectivity index (χ3n) is 2.06. The van der Waals surface area contributed by atoms with E-state index in [2.05, 4.69) is 15.0 Å². The van der Waals surface area contributed by atoms with Crippen molar-refractivity contribution in [3.05, 3.63) is 28.4 Å². The summed E-state index contributed by atoms with van der Waals surface area (Å²) in [5, 5.41) is 22.3. The molecule has 0 saturated heterocycles. The molecule has 2 unspecified atom stereocenters. The predicted molar refractivity (Wildman–Crippen MR) is 58.0 cm³/mol. The van der Waals surface area contributed by atoms with Gasteiger partial charge in [-0.15, -0.1) is 0 Å². The molecule has 0 bridgehead atoms. The van der Waals surface area contributed by atoms with Crippen LogP contribution in [0.2, 0.25) is 0 Å². The zero-order valence-electron chi connectivity index (χ0n) is 8.35. The Morgan fingerprint density at radius 1 is 1.44 bits per heavy atom. The zero-order chi connectivity index (χ0) is 12.1. The minimum Gasteiger partial charge on any atom is -0.397 e. The van der Waals surface area contributed by atoms with E-state index in [1.165, 1.54) is 12.4 Å². The summed E-state index contributed by atoms with van der Waals surface area (Å²) >= 11 is 0. The molecule has 1 heterocycles. The fraction of sp³-hybridized carbons (Fsp3) is 0.375. The van der Waals surface area contributed by atoms with Crippen molar-refractivity contribution >= 4 is 11.4 Å². The topological polar surface area (TPSA) is 154 Å².